The van der Waals surface area contributed by atoms with E-state index < -0.39 is 0 Å². The van der Waals surface area contributed by atoms with Crippen LogP contribution in [-0.2, 0) is 0 Å². The number of nitrogens with zero attached hydrogens (tertiary/aromatic N) is 3. The lowest BCUT2D eigenvalue weighted by atomic mass is 10.1. The van der Waals surface area contributed by atoms with Crippen LogP contribution in [0.2, 0.25) is 0 Å². The fraction of sp³-hybridized carbons (Fsp3) is 0.0870. The van der Waals surface area contributed by atoms with Crippen molar-refractivity contribution in [3.05, 3.63) is 100 Å². The number of pyridine rings is 1. The first-order valence-electron chi connectivity index (χ1n) is 9.08. The molecule has 28 heavy (non-hydrogen) atoms. The maximum atomic E-state index is 13.3. The molecule has 2 aromatic carbocycles. The molecular weight excluding hydrogens is 348 g/mol. The number of aliphatic imine (C=N–C) groups is 1. The van der Waals surface area contributed by atoms with Crippen molar-refractivity contribution in [3.63, 3.8) is 0 Å². The number of nitrogens with one attached hydrogen (secondary N) is 1. The van der Waals surface area contributed by atoms with Gasteiger partial charge in [-0.3, -0.25) is 9.89 Å². The SMILES string of the molecule is C/C(=N\c1ncccc1C)c1c(-c2ccccc2)[nH]n(-c2ccccc2)c1=O. The Bertz CT molecular complexity index is 1190. The van der Waals surface area contributed by atoms with Crippen molar-refractivity contribution in [3.8, 4) is 16.9 Å². The van der Waals surface area contributed by atoms with Gasteiger partial charge in [-0.05, 0) is 37.6 Å². The van der Waals surface area contributed by atoms with Gasteiger partial charge in [-0.2, -0.15) is 0 Å². The lowest BCUT2D eigenvalue weighted by Crippen LogP contribution is -2.19. The van der Waals surface area contributed by atoms with Crippen molar-refractivity contribution in [1.29, 1.82) is 0 Å². The van der Waals surface area contributed by atoms with Gasteiger partial charge in [0.15, 0.2) is 5.82 Å². The van der Waals surface area contributed by atoms with Crippen molar-refractivity contribution in [2.75, 3.05) is 0 Å². The van der Waals surface area contributed by atoms with Gasteiger partial charge in [-0.1, -0.05) is 54.6 Å². The summed E-state index contributed by atoms with van der Waals surface area (Å²) in [6, 6.07) is 23.2. The fourth-order valence-corrected chi connectivity index (χ4v) is 3.15. The normalized spacial score (nSPS) is 11.6. The van der Waals surface area contributed by atoms with Crippen LogP contribution in [0.15, 0.2) is 88.8 Å². The molecule has 0 amide bonds. The van der Waals surface area contributed by atoms with Gasteiger partial charge >= 0.3 is 0 Å². The summed E-state index contributed by atoms with van der Waals surface area (Å²) >= 11 is 0. The number of hydrogen-bond donors (Lipinski definition) is 1. The molecule has 0 atom stereocenters. The van der Waals surface area contributed by atoms with Crippen LogP contribution in [0.5, 0.6) is 0 Å². The van der Waals surface area contributed by atoms with Crippen LogP contribution >= 0.6 is 0 Å². The molecule has 4 rings (SSSR count). The summed E-state index contributed by atoms with van der Waals surface area (Å²) in [4.78, 5) is 22.3. The van der Waals surface area contributed by atoms with Crippen molar-refractivity contribution in [2.24, 2.45) is 4.99 Å². The number of rotatable bonds is 4. The maximum Gasteiger partial charge on any atom is 0.280 e. The molecule has 5 nitrogen and oxygen atoms in total. The van der Waals surface area contributed by atoms with E-state index in [4.69, 9.17) is 0 Å². The van der Waals surface area contributed by atoms with Crippen molar-refractivity contribution in [2.45, 2.75) is 13.8 Å². The van der Waals surface area contributed by atoms with Crippen LogP contribution in [0.25, 0.3) is 16.9 Å². The lowest BCUT2D eigenvalue weighted by Gasteiger charge is -2.04. The Kier molecular flexibility index (Phi) is 4.72. The number of hydrogen-bond acceptors (Lipinski definition) is 3. The predicted molar refractivity (Wildman–Crippen MR) is 113 cm³/mol. The predicted octanol–water partition coefficient (Wildman–Crippen LogP) is 4.68. The molecule has 1 N–H and O–H groups in total. The molecule has 5 heteroatoms. The highest BCUT2D eigenvalue weighted by Crippen LogP contribution is 2.23. The van der Waals surface area contributed by atoms with E-state index in [0.29, 0.717) is 17.1 Å². The average Bonchev–Trinajstić information content (AvgIpc) is 3.08. The minimum atomic E-state index is -0.139. The van der Waals surface area contributed by atoms with E-state index >= 15 is 0 Å². The van der Waals surface area contributed by atoms with E-state index in [2.05, 4.69) is 15.1 Å². The highest BCUT2D eigenvalue weighted by molar-refractivity contribution is 6.04. The molecule has 0 fully saturated rings. The van der Waals surface area contributed by atoms with Gasteiger partial charge in [-0.15, -0.1) is 0 Å². The molecule has 2 aromatic heterocycles. The van der Waals surface area contributed by atoms with E-state index in [1.165, 1.54) is 0 Å². The molecule has 4 aromatic rings. The third kappa shape index (κ3) is 3.30. The number of aromatic amines is 1. The van der Waals surface area contributed by atoms with Gasteiger partial charge in [0.2, 0.25) is 0 Å². The summed E-state index contributed by atoms with van der Waals surface area (Å²) in [6.07, 6.45) is 1.70. The molecular formula is C23H20N4O. The van der Waals surface area contributed by atoms with Crippen LogP contribution in [-0.4, -0.2) is 20.5 Å². The summed E-state index contributed by atoms with van der Waals surface area (Å²) in [7, 11) is 0. The van der Waals surface area contributed by atoms with Gasteiger partial charge < -0.3 is 0 Å². The fourth-order valence-electron chi connectivity index (χ4n) is 3.15. The summed E-state index contributed by atoms with van der Waals surface area (Å²) in [5.74, 6) is 0.617. The second-order valence-corrected chi connectivity index (χ2v) is 6.55. The largest absolute Gasteiger partial charge is 0.290 e. The van der Waals surface area contributed by atoms with Crippen LogP contribution in [0.1, 0.15) is 18.1 Å². The third-order valence-corrected chi connectivity index (χ3v) is 4.58. The molecule has 0 aliphatic carbocycles. The van der Waals surface area contributed by atoms with E-state index in [-0.39, 0.29) is 5.56 Å². The first kappa shape index (κ1) is 17.7. The monoisotopic (exact) mass is 368 g/mol. The summed E-state index contributed by atoms with van der Waals surface area (Å²) in [5.41, 5.74) is 4.43. The standard InChI is InChI=1S/C23H20N4O/c1-16-10-9-15-24-22(16)25-17(2)20-21(18-11-5-3-6-12-18)26-27(23(20)28)19-13-7-4-8-14-19/h3-15,26H,1-2H3/b25-17+. The lowest BCUT2D eigenvalue weighted by molar-refractivity contribution is 0.852. The second-order valence-electron chi connectivity index (χ2n) is 6.55. The minimum Gasteiger partial charge on any atom is -0.290 e. The Labute approximate surface area is 163 Å². The highest BCUT2D eigenvalue weighted by Gasteiger charge is 2.19. The van der Waals surface area contributed by atoms with E-state index in [9.17, 15) is 4.79 Å². The number of H-pyrrole nitrogens is 1. The quantitative estimate of drug-likeness (QED) is 0.532. The van der Waals surface area contributed by atoms with Gasteiger partial charge in [0, 0.05) is 11.8 Å². The second kappa shape index (κ2) is 7.48. The van der Waals surface area contributed by atoms with E-state index in [1.807, 2.05) is 86.6 Å². The highest BCUT2D eigenvalue weighted by atomic mass is 16.1. The van der Waals surface area contributed by atoms with Crippen LogP contribution in [0.3, 0.4) is 0 Å². The third-order valence-electron chi connectivity index (χ3n) is 4.58. The smallest absolute Gasteiger partial charge is 0.280 e. The molecule has 0 radical (unpaired) electrons. The summed E-state index contributed by atoms with van der Waals surface area (Å²) in [6.45, 7) is 3.80. The molecule has 2 heterocycles. The van der Waals surface area contributed by atoms with E-state index in [0.717, 1.165) is 22.5 Å². The zero-order valence-electron chi connectivity index (χ0n) is 15.8. The minimum absolute atomic E-state index is 0.139. The molecule has 0 aliphatic rings. The molecule has 0 bridgehead atoms. The Hall–Kier alpha value is -3.73. The van der Waals surface area contributed by atoms with Gasteiger partial charge in [0.1, 0.15) is 0 Å². The number of aryl methyl sites for hydroxylation is 1. The first-order valence-corrected chi connectivity index (χ1v) is 9.08. The average molecular weight is 368 g/mol. The Morgan fingerprint density at radius 2 is 1.64 bits per heavy atom. The van der Waals surface area contributed by atoms with Gasteiger partial charge in [0.25, 0.3) is 5.56 Å². The molecule has 138 valence electrons. The Morgan fingerprint density at radius 3 is 2.32 bits per heavy atom. The Balaban J connectivity index is 1.94. The summed E-state index contributed by atoms with van der Waals surface area (Å²) < 4.78 is 1.56. The first-order chi connectivity index (χ1) is 13.6. The zero-order chi connectivity index (χ0) is 19.5. The van der Waals surface area contributed by atoms with Gasteiger partial charge in [0.05, 0.1) is 22.7 Å². The molecule has 0 saturated heterocycles. The molecule has 0 aliphatic heterocycles. The zero-order valence-corrected chi connectivity index (χ0v) is 15.8. The van der Waals surface area contributed by atoms with Crippen molar-refractivity contribution < 1.29 is 0 Å². The number of para-hydroxylation sites is 1. The van der Waals surface area contributed by atoms with Crippen molar-refractivity contribution >= 4 is 11.5 Å². The van der Waals surface area contributed by atoms with E-state index in [1.54, 1.807) is 10.9 Å². The van der Waals surface area contributed by atoms with Crippen LogP contribution in [0, 0.1) is 6.92 Å². The van der Waals surface area contributed by atoms with Crippen LogP contribution < -0.4 is 5.56 Å². The molecule has 0 saturated carbocycles. The van der Waals surface area contributed by atoms with Crippen molar-refractivity contribution in [1.82, 2.24) is 14.8 Å². The Morgan fingerprint density at radius 1 is 0.964 bits per heavy atom. The molecule has 0 unspecified atom stereocenters. The summed E-state index contributed by atoms with van der Waals surface area (Å²) in [5, 5.41) is 3.27. The topological polar surface area (TPSA) is 63.0 Å². The van der Waals surface area contributed by atoms with Gasteiger partial charge in [-0.25, -0.2) is 14.7 Å². The number of aromatic nitrogens is 3. The van der Waals surface area contributed by atoms with Crippen LogP contribution in [0.4, 0.5) is 5.82 Å². The maximum absolute atomic E-state index is 13.3. The molecule has 0 spiro atoms. The number of benzene rings is 2.